The molecule has 4 aromatic rings. The normalized spacial score (nSPS) is 10.7. The molecule has 30 heavy (non-hydrogen) atoms. The topological polar surface area (TPSA) is 107 Å². The third kappa shape index (κ3) is 3.68. The number of ether oxygens (including phenoxy) is 1. The molecular weight excluding hydrogens is 396 g/mol. The minimum atomic E-state index is -1.05. The molecular formula is C21H13F2N3O4. The number of hydrogen-bond acceptors (Lipinski definition) is 5. The molecule has 2 aromatic carbocycles. The number of aromatic nitrogens is 1. The van der Waals surface area contributed by atoms with Gasteiger partial charge in [-0.2, -0.15) is 0 Å². The molecule has 3 N–H and O–H groups in total. The second-order valence-corrected chi connectivity index (χ2v) is 6.19. The number of carbonyl (C=O) groups is 2. The first-order valence-electron chi connectivity index (χ1n) is 8.64. The lowest BCUT2D eigenvalue weighted by molar-refractivity contribution is 0.0977. The van der Waals surface area contributed by atoms with Gasteiger partial charge in [-0.1, -0.05) is 18.2 Å². The maximum Gasteiger partial charge on any atom is 0.286 e. The predicted molar refractivity (Wildman–Crippen MR) is 103 cm³/mol. The van der Waals surface area contributed by atoms with E-state index in [1.165, 1.54) is 18.3 Å². The molecule has 0 bridgehead atoms. The molecule has 0 unspecified atom stereocenters. The highest BCUT2D eigenvalue weighted by molar-refractivity contribution is 6.14. The maximum atomic E-state index is 14.0. The van der Waals surface area contributed by atoms with E-state index in [4.69, 9.17) is 14.9 Å². The number of primary amides is 1. The first-order chi connectivity index (χ1) is 14.4. The number of fused-ring (bicyclic) bond motifs is 1. The summed E-state index contributed by atoms with van der Waals surface area (Å²) >= 11 is 0. The van der Waals surface area contributed by atoms with E-state index in [1.807, 2.05) is 6.07 Å². The molecule has 2 amide bonds. The van der Waals surface area contributed by atoms with Crippen LogP contribution in [0, 0.1) is 11.6 Å². The maximum absolute atomic E-state index is 14.0. The molecule has 7 nitrogen and oxygen atoms in total. The zero-order chi connectivity index (χ0) is 21.3. The summed E-state index contributed by atoms with van der Waals surface area (Å²) < 4.78 is 38.3. The summed E-state index contributed by atoms with van der Waals surface area (Å²) in [7, 11) is 0. The van der Waals surface area contributed by atoms with E-state index in [1.54, 1.807) is 24.3 Å². The molecule has 0 saturated carbocycles. The number of para-hydroxylation sites is 1. The highest BCUT2D eigenvalue weighted by Crippen LogP contribution is 2.33. The number of halogens is 2. The van der Waals surface area contributed by atoms with Crippen molar-refractivity contribution in [3.63, 3.8) is 0 Å². The van der Waals surface area contributed by atoms with Crippen molar-refractivity contribution in [1.82, 2.24) is 4.98 Å². The number of furan rings is 1. The molecule has 0 saturated heterocycles. The highest BCUT2D eigenvalue weighted by atomic mass is 19.1. The number of hydrogen-bond donors (Lipinski definition) is 2. The van der Waals surface area contributed by atoms with Crippen molar-refractivity contribution in [2.24, 2.45) is 5.73 Å². The average Bonchev–Trinajstić information content (AvgIpc) is 3.08. The number of amides is 2. The average molecular weight is 409 g/mol. The summed E-state index contributed by atoms with van der Waals surface area (Å²) in [5.41, 5.74) is 4.72. The molecule has 0 radical (unpaired) electrons. The molecule has 2 aromatic heterocycles. The minimum absolute atomic E-state index is 0.108. The van der Waals surface area contributed by atoms with E-state index in [0.717, 1.165) is 6.07 Å². The smallest absolute Gasteiger partial charge is 0.286 e. The molecule has 2 heterocycles. The third-order valence-corrected chi connectivity index (χ3v) is 4.14. The number of rotatable bonds is 5. The number of nitrogens with zero attached hydrogens (tertiary/aromatic N) is 1. The SMILES string of the molecule is NC(=O)c1oc2c(F)cc(F)cc2c1NC(=O)c1ccc(Oc2ccccc2)nc1. The Morgan fingerprint density at radius 1 is 1.07 bits per heavy atom. The summed E-state index contributed by atoms with van der Waals surface area (Å²) in [5, 5.41) is 2.27. The molecule has 0 atom stereocenters. The van der Waals surface area contributed by atoms with Crippen LogP contribution in [0.25, 0.3) is 11.0 Å². The summed E-state index contributed by atoms with van der Waals surface area (Å²) in [4.78, 5) is 28.3. The standard InChI is InChI=1S/C21H13F2N3O4/c22-12-8-14-17(19(20(24)27)30-18(14)15(23)9-12)26-21(28)11-6-7-16(25-10-11)29-13-4-2-1-3-5-13/h1-10H,(H2,24,27)(H,26,28). The molecule has 150 valence electrons. The van der Waals surface area contributed by atoms with Crippen molar-refractivity contribution in [3.05, 3.63) is 83.8 Å². The van der Waals surface area contributed by atoms with Crippen LogP contribution >= 0.6 is 0 Å². The number of anilines is 1. The lowest BCUT2D eigenvalue weighted by Crippen LogP contribution is -2.17. The number of pyridine rings is 1. The number of nitrogens with two attached hydrogens (primary N) is 1. The van der Waals surface area contributed by atoms with Crippen LogP contribution in [0.4, 0.5) is 14.5 Å². The predicted octanol–water partition coefficient (Wildman–Crippen LogP) is 4.25. The van der Waals surface area contributed by atoms with Crippen LogP contribution in [0.1, 0.15) is 20.9 Å². The fourth-order valence-electron chi connectivity index (χ4n) is 2.79. The molecule has 0 spiro atoms. The van der Waals surface area contributed by atoms with Crippen LogP contribution < -0.4 is 15.8 Å². The Labute approximate surface area is 168 Å². The monoisotopic (exact) mass is 409 g/mol. The molecule has 0 aliphatic carbocycles. The number of carbonyl (C=O) groups excluding carboxylic acids is 2. The highest BCUT2D eigenvalue weighted by Gasteiger charge is 2.24. The van der Waals surface area contributed by atoms with Crippen LogP contribution in [-0.2, 0) is 0 Å². The summed E-state index contributed by atoms with van der Waals surface area (Å²) in [6.07, 6.45) is 1.25. The van der Waals surface area contributed by atoms with Gasteiger partial charge in [-0.15, -0.1) is 0 Å². The van der Waals surface area contributed by atoms with E-state index >= 15 is 0 Å². The fraction of sp³-hybridized carbons (Fsp3) is 0. The third-order valence-electron chi connectivity index (χ3n) is 4.14. The van der Waals surface area contributed by atoms with Gasteiger partial charge in [0.05, 0.1) is 10.9 Å². The van der Waals surface area contributed by atoms with E-state index in [0.29, 0.717) is 11.8 Å². The first kappa shape index (κ1) is 19.1. The van der Waals surface area contributed by atoms with E-state index < -0.39 is 34.8 Å². The first-order valence-corrected chi connectivity index (χ1v) is 8.64. The van der Waals surface area contributed by atoms with Gasteiger partial charge in [-0.05, 0) is 24.3 Å². The minimum Gasteiger partial charge on any atom is -0.446 e. The molecule has 4 rings (SSSR count). The van der Waals surface area contributed by atoms with Gasteiger partial charge in [0.2, 0.25) is 11.6 Å². The van der Waals surface area contributed by atoms with Crippen molar-refractivity contribution in [2.45, 2.75) is 0 Å². The Morgan fingerprint density at radius 3 is 2.50 bits per heavy atom. The second-order valence-electron chi connectivity index (χ2n) is 6.19. The Morgan fingerprint density at radius 2 is 1.83 bits per heavy atom. The quantitative estimate of drug-likeness (QED) is 0.512. The van der Waals surface area contributed by atoms with Crippen LogP contribution in [0.3, 0.4) is 0 Å². The van der Waals surface area contributed by atoms with Gasteiger partial charge in [0.25, 0.3) is 11.8 Å². The summed E-state index contributed by atoms with van der Waals surface area (Å²) in [6, 6.07) is 13.4. The lowest BCUT2D eigenvalue weighted by atomic mass is 10.2. The lowest BCUT2D eigenvalue weighted by Gasteiger charge is -2.07. The molecule has 9 heteroatoms. The van der Waals surface area contributed by atoms with Gasteiger partial charge in [-0.3, -0.25) is 9.59 Å². The molecule has 0 aliphatic rings. The van der Waals surface area contributed by atoms with E-state index in [2.05, 4.69) is 10.3 Å². The van der Waals surface area contributed by atoms with Gasteiger partial charge >= 0.3 is 0 Å². The zero-order valence-electron chi connectivity index (χ0n) is 15.2. The van der Waals surface area contributed by atoms with Crippen LogP contribution in [0.5, 0.6) is 11.6 Å². The zero-order valence-corrected chi connectivity index (χ0v) is 15.2. The Hall–Kier alpha value is -4.27. The number of nitrogens with one attached hydrogen (secondary N) is 1. The van der Waals surface area contributed by atoms with Gasteiger partial charge in [0.1, 0.15) is 17.3 Å². The Balaban J connectivity index is 1.61. The van der Waals surface area contributed by atoms with Gasteiger partial charge in [-0.25, -0.2) is 13.8 Å². The van der Waals surface area contributed by atoms with Gasteiger partial charge in [0, 0.05) is 18.3 Å². The largest absolute Gasteiger partial charge is 0.446 e. The van der Waals surface area contributed by atoms with Crippen molar-refractivity contribution in [1.29, 1.82) is 0 Å². The Bertz CT molecular complexity index is 1250. The van der Waals surface area contributed by atoms with Gasteiger partial charge in [0.15, 0.2) is 11.4 Å². The van der Waals surface area contributed by atoms with Crippen LogP contribution in [0.2, 0.25) is 0 Å². The fourth-order valence-corrected chi connectivity index (χ4v) is 2.79. The van der Waals surface area contributed by atoms with Crippen molar-refractivity contribution < 1.29 is 27.5 Å². The molecule has 0 aliphatic heterocycles. The number of benzene rings is 2. The Kier molecular flexibility index (Phi) is 4.85. The van der Waals surface area contributed by atoms with Gasteiger partial charge < -0.3 is 20.2 Å². The van der Waals surface area contributed by atoms with Crippen LogP contribution in [-0.4, -0.2) is 16.8 Å². The van der Waals surface area contributed by atoms with E-state index in [9.17, 15) is 18.4 Å². The van der Waals surface area contributed by atoms with Crippen LogP contribution in [0.15, 0.2) is 65.2 Å². The van der Waals surface area contributed by atoms with Crippen molar-refractivity contribution in [2.75, 3.05) is 5.32 Å². The summed E-state index contributed by atoms with van der Waals surface area (Å²) in [5.74, 6) is -3.35. The van der Waals surface area contributed by atoms with Crippen molar-refractivity contribution >= 4 is 28.5 Å². The second kappa shape index (κ2) is 7.63. The molecule has 0 fully saturated rings. The van der Waals surface area contributed by atoms with E-state index in [-0.39, 0.29) is 22.5 Å². The van der Waals surface area contributed by atoms with Crippen molar-refractivity contribution in [3.8, 4) is 11.6 Å². The summed E-state index contributed by atoms with van der Waals surface area (Å²) in [6.45, 7) is 0.